The van der Waals surface area contributed by atoms with Crippen molar-refractivity contribution in [2.45, 2.75) is 77.8 Å². The van der Waals surface area contributed by atoms with E-state index in [1.54, 1.807) is 43.5 Å². The number of alkyl halides is 6. The fourth-order valence-electron chi connectivity index (χ4n) is 4.46. The van der Waals surface area contributed by atoms with Gasteiger partial charge in [-0.15, -0.1) is 0 Å². The molecule has 38 heavy (non-hydrogen) atoms. The predicted molar refractivity (Wildman–Crippen MR) is 135 cm³/mol. The highest BCUT2D eigenvalue weighted by molar-refractivity contribution is 5.94. The number of nitrogens with zero attached hydrogens (tertiary/aromatic N) is 1. The summed E-state index contributed by atoms with van der Waals surface area (Å²) in [6, 6.07) is 6.73. The normalized spacial score (nSPS) is 13.3. The molecule has 2 aromatic carbocycles. The van der Waals surface area contributed by atoms with Crippen LogP contribution in [0.5, 0.6) is 0 Å². The summed E-state index contributed by atoms with van der Waals surface area (Å²) < 4.78 is 83.2. The van der Waals surface area contributed by atoms with Gasteiger partial charge in [0.15, 0.2) is 0 Å². The number of aliphatic hydroxyl groups excluding tert-OH is 1. The molecule has 0 aliphatic rings. The molecule has 0 saturated heterocycles. The van der Waals surface area contributed by atoms with Gasteiger partial charge in [-0.25, -0.2) is 0 Å². The molecule has 0 saturated carbocycles. The Morgan fingerprint density at radius 2 is 1.42 bits per heavy atom. The molecule has 1 heterocycles. The van der Waals surface area contributed by atoms with Gasteiger partial charge in [-0.05, 0) is 95.0 Å². The van der Waals surface area contributed by atoms with E-state index in [2.05, 4.69) is 5.32 Å². The van der Waals surface area contributed by atoms with Gasteiger partial charge in [0, 0.05) is 29.6 Å². The number of aliphatic hydroxyl groups is 1. The van der Waals surface area contributed by atoms with Gasteiger partial charge < -0.3 is 15.0 Å². The highest BCUT2D eigenvalue weighted by Crippen LogP contribution is 2.42. The number of carbonyl (C=O) groups excluding carboxylic acids is 1. The second-order valence-electron chi connectivity index (χ2n) is 11.1. The van der Waals surface area contributed by atoms with Gasteiger partial charge >= 0.3 is 12.4 Å². The number of hydrogen-bond acceptors (Lipinski definition) is 2. The van der Waals surface area contributed by atoms with Crippen LogP contribution in [0.1, 0.15) is 63.3 Å². The molecule has 0 aliphatic heterocycles. The molecule has 0 spiro atoms. The molecule has 10 heteroatoms. The molecule has 0 radical (unpaired) electrons. The van der Waals surface area contributed by atoms with Crippen LogP contribution in [0.2, 0.25) is 0 Å². The first kappa shape index (κ1) is 29.5. The van der Waals surface area contributed by atoms with E-state index >= 15 is 0 Å². The van der Waals surface area contributed by atoms with Gasteiger partial charge in [0.25, 0.3) is 0 Å². The largest absolute Gasteiger partial charge is 0.416 e. The molecule has 3 aromatic rings. The third-order valence-corrected chi connectivity index (χ3v) is 6.50. The van der Waals surface area contributed by atoms with E-state index in [0.717, 1.165) is 0 Å². The number of carbonyl (C=O) groups is 1. The Kier molecular flexibility index (Phi) is 7.73. The van der Waals surface area contributed by atoms with Crippen LogP contribution in [0.15, 0.2) is 36.4 Å². The van der Waals surface area contributed by atoms with Crippen molar-refractivity contribution in [2.75, 3.05) is 6.61 Å². The summed E-state index contributed by atoms with van der Waals surface area (Å²) in [5, 5.41) is 13.0. The Morgan fingerprint density at radius 3 is 1.89 bits per heavy atom. The highest BCUT2D eigenvalue weighted by atomic mass is 19.4. The Labute approximate surface area is 217 Å². The first-order valence-electron chi connectivity index (χ1n) is 12.1. The molecule has 0 bridgehead atoms. The van der Waals surface area contributed by atoms with Crippen LogP contribution in [-0.2, 0) is 29.1 Å². The average Bonchev–Trinajstić information content (AvgIpc) is 3.06. The molecule has 0 unspecified atom stereocenters. The van der Waals surface area contributed by atoms with E-state index in [9.17, 15) is 36.2 Å². The molecular weight excluding hydrogens is 510 g/mol. The fourth-order valence-corrected chi connectivity index (χ4v) is 4.46. The number of halogens is 6. The standard InChI is InChI=1S/C28H32F6N2O2/c1-16-21-15-18(26(5,6)24(38)35-25(2,3)4)8-9-22(21)36(10-7-11-37)23(16)17-12-19(27(29,30)31)14-20(13-17)28(32,33)34/h8-9,12-15,37H,7,10-11H2,1-6H3,(H,35,38). The molecule has 0 atom stereocenters. The van der Waals surface area contributed by atoms with Crippen molar-refractivity contribution in [3.05, 3.63) is 58.7 Å². The summed E-state index contributed by atoms with van der Waals surface area (Å²) in [6.07, 6.45) is -9.73. The van der Waals surface area contributed by atoms with Gasteiger partial charge in [0.05, 0.1) is 22.2 Å². The third-order valence-electron chi connectivity index (χ3n) is 6.50. The highest BCUT2D eigenvalue weighted by Gasteiger charge is 2.38. The van der Waals surface area contributed by atoms with Crippen LogP contribution in [0.3, 0.4) is 0 Å². The molecule has 3 rings (SSSR count). The number of fused-ring (bicyclic) bond motifs is 1. The smallest absolute Gasteiger partial charge is 0.396 e. The molecule has 0 fully saturated rings. The molecule has 208 valence electrons. The molecule has 0 aliphatic carbocycles. The quantitative estimate of drug-likeness (QED) is 0.323. The number of aromatic nitrogens is 1. The van der Waals surface area contributed by atoms with Gasteiger partial charge in [-0.2, -0.15) is 26.3 Å². The van der Waals surface area contributed by atoms with Crippen LogP contribution in [0, 0.1) is 6.92 Å². The predicted octanol–water partition coefficient (Wildman–Crippen LogP) is 7.23. The van der Waals surface area contributed by atoms with Crippen molar-refractivity contribution in [3.8, 4) is 11.3 Å². The lowest BCUT2D eigenvalue weighted by Gasteiger charge is -2.30. The van der Waals surface area contributed by atoms with Crippen molar-refractivity contribution in [3.63, 3.8) is 0 Å². The topological polar surface area (TPSA) is 54.3 Å². The van der Waals surface area contributed by atoms with E-state index < -0.39 is 34.4 Å². The zero-order valence-corrected chi connectivity index (χ0v) is 22.2. The Hall–Kier alpha value is -3.01. The number of rotatable bonds is 6. The van der Waals surface area contributed by atoms with Crippen molar-refractivity contribution in [2.24, 2.45) is 0 Å². The summed E-state index contributed by atoms with van der Waals surface area (Å²) >= 11 is 0. The van der Waals surface area contributed by atoms with Crippen molar-refractivity contribution in [1.82, 2.24) is 9.88 Å². The second-order valence-corrected chi connectivity index (χ2v) is 11.1. The second kappa shape index (κ2) is 9.94. The van der Waals surface area contributed by atoms with Crippen LogP contribution in [-0.4, -0.2) is 27.7 Å². The maximum atomic E-state index is 13.6. The minimum absolute atomic E-state index is 0.105. The lowest BCUT2D eigenvalue weighted by molar-refractivity contribution is -0.143. The van der Waals surface area contributed by atoms with Gasteiger partial charge in [0.1, 0.15) is 0 Å². The minimum Gasteiger partial charge on any atom is -0.396 e. The maximum Gasteiger partial charge on any atom is 0.416 e. The van der Waals surface area contributed by atoms with Crippen molar-refractivity contribution >= 4 is 16.8 Å². The minimum atomic E-state index is -4.98. The Morgan fingerprint density at radius 1 is 0.868 bits per heavy atom. The molecule has 1 aromatic heterocycles. The zero-order chi connectivity index (χ0) is 28.8. The van der Waals surface area contributed by atoms with E-state index in [0.29, 0.717) is 34.2 Å². The van der Waals surface area contributed by atoms with E-state index in [-0.39, 0.29) is 42.8 Å². The van der Waals surface area contributed by atoms with Crippen LogP contribution in [0.4, 0.5) is 26.3 Å². The van der Waals surface area contributed by atoms with Crippen molar-refractivity contribution in [1.29, 1.82) is 0 Å². The number of benzene rings is 2. The summed E-state index contributed by atoms with van der Waals surface area (Å²) in [7, 11) is 0. The first-order valence-corrected chi connectivity index (χ1v) is 12.1. The van der Waals surface area contributed by atoms with E-state index in [1.165, 1.54) is 0 Å². The van der Waals surface area contributed by atoms with Crippen LogP contribution < -0.4 is 5.32 Å². The third kappa shape index (κ3) is 6.00. The zero-order valence-electron chi connectivity index (χ0n) is 22.2. The summed E-state index contributed by atoms with van der Waals surface area (Å²) in [5.41, 5.74) is -2.60. The summed E-state index contributed by atoms with van der Waals surface area (Å²) in [4.78, 5) is 13.0. The first-order chi connectivity index (χ1) is 17.3. The Balaban J connectivity index is 2.30. The summed E-state index contributed by atoms with van der Waals surface area (Å²) in [5.74, 6) is -0.227. The molecule has 2 N–H and O–H groups in total. The average molecular weight is 543 g/mol. The maximum absolute atomic E-state index is 13.6. The number of hydrogen-bond donors (Lipinski definition) is 2. The summed E-state index contributed by atoms with van der Waals surface area (Å²) in [6.45, 7) is 10.6. The molecular formula is C28H32F6N2O2. The van der Waals surface area contributed by atoms with Crippen LogP contribution >= 0.6 is 0 Å². The van der Waals surface area contributed by atoms with E-state index in [1.807, 2.05) is 20.8 Å². The molecule has 4 nitrogen and oxygen atoms in total. The van der Waals surface area contributed by atoms with Crippen molar-refractivity contribution < 1.29 is 36.2 Å². The number of aryl methyl sites for hydroxylation is 2. The van der Waals surface area contributed by atoms with Crippen LogP contribution in [0.25, 0.3) is 22.2 Å². The van der Waals surface area contributed by atoms with Gasteiger partial charge in [-0.1, -0.05) is 6.07 Å². The Bertz CT molecular complexity index is 1310. The fraction of sp³-hybridized carbons (Fsp3) is 0.464. The number of nitrogens with one attached hydrogen (secondary N) is 1. The monoisotopic (exact) mass is 542 g/mol. The van der Waals surface area contributed by atoms with Gasteiger partial charge in [0.2, 0.25) is 5.91 Å². The van der Waals surface area contributed by atoms with Gasteiger partial charge in [-0.3, -0.25) is 4.79 Å². The van der Waals surface area contributed by atoms with E-state index in [4.69, 9.17) is 0 Å². The lowest BCUT2D eigenvalue weighted by Crippen LogP contribution is -2.48. The SMILES string of the molecule is Cc1c(-c2cc(C(F)(F)F)cc(C(F)(F)F)c2)n(CCCO)c2ccc(C(C)(C)C(=O)NC(C)(C)C)cc12. The lowest BCUT2D eigenvalue weighted by atomic mass is 9.82. The molecule has 1 amide bonds. The number of amides is 1.